The molecule has 1 unspecified atom stereocenters. The number of rotatable bonds is 6. The average molecular weight is 352 g/mol. The molecule has 1 atom stereocenters. The van der Waals surface area contributed by atoms with Crippen molar-refractivity contribution in [3.63, 3.8) is 0 Å². The first kappa shape index (κ1) is 17.1. The number of aromatic nitrogens is 1. The van der Waals surface area contributed by atoms with Crippen molar-refractivity contribution in [2.75, 3.05) is 18.5 Å². The molecule has 0 aliphatic heterocycles. The Morgan fingerprint density at radius 3 is 2.72 bits per heavy atom. The van der Waals surface area contributed by atoms with E-state index >= 15 is 0 Å². The number of anilines is 1. The largest absolute Gasteiger partial charge is 0.491 e. The Kier molecular flexibility index (Phi) is 4.80. The second-order valence-corrected chi connectivity index (χ2v) is 5.36. The van der Waals surface area contributed by atoms with Crippen LogP contribution in [-0.4, -0.2) is 29.3 Å². The first-order chi connectivity index (χ1) is 11.9. The van der Waals surface area contributed by atoms with E-state index in [1.165, 1.54) is 12.1 Å². The summed E-state index contributed by atoms with van der Waals surface area (Å²) in [5, 5.41) is 12.7. The number of aliphatic hydroxyl groups excluding tert-OH is 1. The van der Waals surface area contributed by atoms with Crippen LogP contribution in [-0.2, 0) is 6.18 Å². The molecule has 0 aliphatic rings. The number of para-hydroxylation sites is 2. The van der Waals surface area contributed by atoms with Gasteiger partial charge in [-0.3, -0.25) is 0 Å². The molecule has 25 heavy (non-hydrogen) atoms. The molecule has 0 aliphatic carbocycles. The maximum Gasteiger partial charge on any atom is 0.416 e. The Labute approximate surface area is 141 Å². The zero-order valence-corrected chi connectivity index (χ0v) is 13.0. The number of ether oxygens (including phenoxy) is 1. The van der Waals surface area contributed by atoms with E-state index in [0.717, 1.165) is 12.1 Å². The minimum Gasteiger partial charge on any atom is -0.491 e. The molecule has 0 amide bonds. The van der Waals surface area contributed by atoms with E-state index in [4.69, 9.17) is 9.15 Å². The maximum absolute atomic E-state index is 12.6. The van der Waals surface area contributed by atoms with Crippen molar-refractivity contribution >= 4 is 17.1 Å². The second-order valence-electron chi connectivity index (χ2n) is 5.36. The molecule has 3 rings (SSSR count). The summed E-state index contributed by atoms with van der Waals surface area (Å²) in [4.78, 5) is 4.19. The van der Waals surface area contributed by atoms with E-state index in [1.807, 2.05) is 12.1 Å². The fraction of sp³-hybridized carbons (Fsp3) is 0.235. The summed E-state index contributed by atoms with van der Waals surface area (Å²) in [6.07, 6.45) is -5.39. The number of aliphatic hydroxyl groups is 1. The fourth-order valence-electron chi connectivity index (χ4n) is 2.17. The van der Waals surface area contributed by atoms with Gasteiger partial charge in [-0.1, -0.05) is 18.2 Å². The van der Waals surface area contributed by atoms with E-state index in [9.17, 15) is 18.3 Å². The second kappa shape index (κ2) is 7.02. The zero-order valence-electron chi connectivity index (χ0n) is 13.0. The van der Waals surface area contributed by atoms with Gasteiger partial charge in [0.05, 0.1) is 5.56 Å². The summed E-state index contributed by atoms with van der Waals surface area (Å²) >= 11 is 0. The average Bonchev–Trinajstić information content (AvgIpc) is 3.00. The summed E-state index contributed by atoms with van der Waals surface area (Å²) in [5.74, 6) is 0.0377. The minimum atomic E-state index is -4.44. The van der Waals surface area contributed by atoms with Crippen LogP contribution >= 0.6 is 0 Å². The highest BCUT2D eigenvalue weighted by Gasteiger charge is 2.30. The molecule has 0 radical (unpaired) electrons. The Bertz CT molecular complexity index is 815. The van der Waals surface area contributed by atoms with Crippen LogP contribution in [0.25, 0.3) is 11.1 Å². The van der Waals surface area contributed by atoms with Gasteiger partial charge in [-0.05, 0) is 30.3 Å². The van der Waals surface area contributed by atoms with Crippen LogP contribution in [0.3, 0.4) is 0 Å². The van der Waals surface area contributed by atoms with Gasteiger partial charge in [-0.2, -0.15) is 18.2 Å². The lowest BCUT2D eigenvalue weighted by atomic mass is 10.2. The van der Waals surface area contributed by atoms with Gasteiger partial charge < -0.3 is 19.6 Å². The fourth-order valence-corrected chi connectivity index (χ4v) is 2.17. The molecule has 1 aromatic heterocycles. The van der Waals surface area contributed by atoms with Crippen molar-refractivity contribution in [3.05, 3.63) is 54.1 Å². The van der Waals surface area contributed by atoms with Gasteiger partial charge >= 0.3 is 6.18 Å². The molecule has 5 nitrogen and oxygen atoms in total. The number of fused-ring (bicyclic) bond motifs is 1. The molecule has 2 aromatic carbocycles. The van der Waals surface area contributed by atoms with E-state index in [-0.39, 0.29) is 24.9 Å². The van der Waals surface area contributed by atoms with Crippen molar-refractivity contribution in [2.45, 2.75) is 12.3 Å². The van der Waals surface area contributed by atoms with Crippen LogP contribution in [0.2, 0.25) is 0 Å². The monoisotopic (exact) mass is 352 g/mol. The Balaban J connectivity index is 1.52. The number of oxazole rings is 1. The van der Waals surface area contributed by atoms with Crippen molar-refractivity contribution in [2.24, 2.45) is 0 Å². The molecule has 0 fully saturated rings. The van der Waals surface area contributed by atoms with Gasteiger partial charge in [0.15, 0.2) is 5.58 Å². The summed E-state index contributed by atoms with van der Waals surface area (Å²) in [7, 11) is 0. The predicted octanol–water partition coefficient (Wildman–Crippen LogP) is 3.70. The lowest BCUT2D eigenvalue weighted by molar-refractivity contribution is -0.137. The Hall–Kier alpha value is -2.74. The normalized spacial score (nSPS) is 13.0. The van der Waals surface area contributed by atoms with Gasteiger partial charge in [0, 0.05) is 6.54 Å². The molecule has 0 saturated heterocycles. The highest BCUT2D eigenvalue weighted by molar-refractivity contribution is 5.74. The van der Waals surface area contributed by atoms with Crippen LogP contribution < -0.4 is 10.1 Å². The van der Waals surface area contributed by atoms with Gasteiger partial charge in [0.1, 0.15) is 24.0 Å². The van der Waals surface area contributed by atoms with Gasteiger partial charge in [0.25, 0.3) is 6.01 Å². The number of halogens is 3. The quantitative estimate of drug-likeness (QED) is 0.708. The third-order valence-corrected chi connectivity index (χ3v) is 3.39. The van der Waals surface area contributed by atoms with Crippen LogP contribution in [0.15, 0.2) is 52.9 Å². The molecule has 132 valence electrons. The van der Waals surface area contributed by atoms with Crippen molar-refractivity contribution in [3.8, 4) is 5.75 Å². The highest BCUT2D eigenvalue weighted by atomic mass is 19.4. The van der Waals surface area contributed by atoms with Gasteiger partial charge in [0.2, 0.25) is 0 Å². The molecule has 8 heteroatoms. The third-order valence-electron chi connectivity index (χ3n) is 3.39. The maximum atomic E-state index is 12.6. The van der Waals surface area contributed by atoms with Crippen molar-refractivity contribution in [1.29, 1.82) is 0 Å². The smallest absolute Gasteiger partial charge is 0.416 e. The molecule has 0 spiro atoms. The molecule has 3 aromatic rings. The van der Waals surface area contributed by atoms with E-state index in [0.29, 0.717) is 11.1 Å². The summed E-state index contributed by atoms with van der Waals surface area (Å²) in [6.45, 7) is -0.0969. The lowest BCUT2D eigenvalue weighted by Gasteiger charge is -2.13. The lowest BCUT2D eigenvalue weighted by Crippen LogP contribution is -2.26. The minimum absolute atomic E-state index is 0.0377. The van der Waals surface area contributed by atoms with Crippen LogP contribution in [0.5, 0.6) is 5.75 Å². The van der Waals surface area contributed by atoms with Gasteiger partial charge in [-0.15, -0.1) is 0 Å². The molecule has 0 bridgehead atoms. The molecular weight excluding hydrogens is 337 g/mol. The topological polar surface area (TPSA) is 67.5 Å². The highest BCUT2D eigenvalue weighted by Crippen LogP contribution is 2.31. The third kappa shape index (κ3) is 4.42. The van der Waals surface area contributed by atoms with E-state index in [1.54, 1.807) is 12.1 Å². The standard InChI is InChI=1S/C17H15F3N2O3/c18-17(19,20)11-4-3-5-13(8-11)24-10-12(23)9-21-16-22-14-6-1-2-7-15(14)25-16/h1-8,12,23H,9-10H2,(H,21,22). The predicted molar refractivity (Wildman–Crippen MR) is 85.4 cm³/mol. The Morgan fingerprint density at radius 2 is 1.96 bits per heavy atom. The van der Waals surface area contributed by atoms with Crippen molar-refractivity contribution in [1.82, 2.24) is 4.98 Å². The van der Waals surface area contributed by atoms with Gasteiger partial charge in [-0.25, -0.2) is 0 Å². The Morgan fingerprint density at radius 1 is 1.16 bits per heavy atom. The summed E-state index contributed by atoms with van der Waals surface area (Å²) in [6, 6.07) is 11.9. The molecular formula is C17H15F3N2O3. The number of hydrogen-bond acceptors (Lipinski definition) is 5. The van der Waals surface area contributed by atoms with E-state index < -0.39 is 17.8 Å². The number of nitrogens with one attached hydrogen (secondary N) is 1. The van der Waals surface area contributed by atoms with Crippen LogP contribution in [0, 0.1) is 0 Å². The zero-order chi connectivity index (χ0) is 17.9. The molecule has 1 heterocycles. The number of nitrogens with zero attached hydrogens (tertiary/aromatic N) is 1. The molecule has 2 N–H and O–H groups in total. The number of benzene rings is 2. The summed E-state index contributed by atoms with van der Waals surface area (Å²) in [5.41, 5.74) is 0.489. The van der Waals surface area contributed by atoms with Crippen LogP contribution in [0.1, 0.15) is 5.56 Å². The number of alkyl halides is 3. The van der Waals surface area contributed by atoms with Crippen LogP contribution in [0.4, 0.5) is 19.2 Å². The SMILES string of the molecule is OC(CNc1nc2ccccc2o1)COc1cccc(C(F)(F)F)c1. The first-order valence-electron chi connectivity index (χ1n) is 7.49. The molecule has 0 saturated carbocycles. The first-order valence-corrected chi connectivity index (χ1v) is 7.49. The van der Waals surface area contributed by atoms with Crippen molar-refractivity contribution < 1.29 is 27.4 Å². The number of hydrogen-bond donors (Lipinski definition) is 2. The van der Waals surface area contributed by atoms with E-state index in [2.05, 4.69) is 10.3 Å². The summed E-state index contributed by atoms with van der Waals surface area (Å²) < 4.78 is 48.5.